The van der Waals surface area contributed by atoms with Crippen LogP contribution in [0.3, 0.4) is 0 Å². The molecule has 1 aliphatic carbocycles. The first-order valence-electron chi connectivity index (χ1n) is 6.87. The number of nitrogens with one attached hydrogen (secondary N) is 1. The third-order valence-electron chi connectivity index (χ3n) is 3.87. The first-order valence-corrected chi connectivity index (χ1v) is 8.81. The molecule has 0 amide bonds. The van der Waals surface area contributed by atoms with E-state index < -0.39 is 45.7 Å². The van der Waals surface area contributed by atoms with Crippen LogP contribution in [0.25, 0.3) is 0 Å². The molecule has 0 heterocycles. The molecule has 23 heavy (non-hydrogen) atoms. The third-order valence-corrected chi connectivity index (χ3v) is 6.07. The molecule has 0 radical (unpaired) electrons. The Kier molecular flexibility index (Phi) is 4.81. The molecule has 0 spiro atoms. The zero-order chi connectivity index (χ0) is 17.6. The highest BCUT2D eigenvalue weighted by atomic mass is 79.9. The van der Waals surface area contributed by atoms with Crippen LogP contribution in [0, 0.1) is 17.1 Å². The standard InChI is InChI=1S/C15H16BrF3N2OS/c1-13(2,3)23(22)21-12(7-20)14(8-15(14,18)19)9-4-5-10(16)11(17)6-9/h4-6,12,21H,8H2,1-3H3/t12-,14-,23?/m0/s1. The van der Waals surface area contributed by atoms with E-state index in [-0.39, 0.29) is 10.0 Å². The quantitative estimate of drug-likeness (QED) is 0.770. The van der Waals surface area contributed by atoms with Crippen LogP contribution in [0.2, 0.25) is 0 Å². The van der Waals surface area contributed by atoms with E-state index in [1.54, 1.807) is 26.8 Å². The van der Waals surface area contributed by atoms with Crippen molar-refractivity contribution >= 4 is 27.3 Å². The third kappa shape index (κ3) is 3.25. The number of alkyl halides is 2. The van der Waals surface area contributed by atoms with Crippen LogP contribution in [0.5, 0.6) is 0 Å². The Morgan fingerprint density at radius 1 is 1.43 bits per heavy atom. The molecule has 2 rings (SSSR count). The van der Waals surface area contributed by atoms with E-state index in [0.29, 0.717) is 0 Å². The van der Waals surface area contributed by atoms with Crippen LogP contribution in [-0.4, -0.2) is 21.3 Å². The minimum absolute atomic E-state index is 0.0214. The Balaban J connectivity index is 2.41. The van der Waals surface area contributed by atoms with Gasteiger partial charge < -0.3 is 4.55 Å². The number of rotatable bonds is 4. The molecule has 3 atom stereocenters. The number of hydrogen-bond acceptors (Lipinski definition) is 3. The Morgan fingerprint density at radius 3 is 2.39 bits per heavy atom. The lowest BCUT2D eigenvalue weighted by atomic mass is 9.88. The van der Waals surface area contributed by atoms with E-state index in [1.165, 1.54) is 12.1 Å². The smallest absolute Gasteiger partial charge is 0.261 e. The van der Waals surface area contributed by atoms with Gasteiger partial charge in [0.05, 0.1) is 16.0 Å². The van der Waals surface area contributed by atoms with Crippen molar-refractivity contribution in [3.63, 3.8) is 0 Å². The van der Waals surface area contributed by atoms with Crippen LogP contribution in [0.15, 0.2) is 22.7 Å². The van der Waals surface area contributed by atoms with E-state index in [1.807, 2.05) is 0 Å². The Labute approximate surface area is 144 Å². The van der Waals surface area contributed by atoms with Crippen LogP contribution in [0.1, 0.15) is 32.8 Å². The average molecular weight is 409 g/mol. The molecule has 1 aliphatic rings. The van der Waals surface area contributed by atoms with E-state index in [4.69, 9.17) is 0 Å². The predicted octanol–water partition coefficient (Wildman–Crippen LogP) is 3.81. The fraction of sp³-hybridized carbons (Fsp3) is 0.533. The van der Waals surface area contributed by atoms with Gasteiger partial charge in [0.25, 0.3) is 5.92 Å². The largest absolute Gasteiger partial charge is 0.598 e. The number of nitriles is 1. The highest BCUT2D eigenvalue weighted by Crippen LogP contribution is 2.63. The zero-order valence-electron chi connectivity index (χ0n) is 12.8. The summed E-state index contributed by atoms with van der Waals surface area (Å²) < 4.78 is 56.1. The SMILES string of the molecule is CC(C)(C)[S+]([O-])N[C@@H](C#N)[C@@]1(c2ccc(Br)c(F)c2)CC1(F)F. The van der Waals surface area contributed by atoms with Gasteiger partial charge in [-0.25, -0.2) is 13.2 Å². The minimum atomic E-state index is -3.16. The molecule has 8 heteroatoms. The highest BCUT2D eigenvalue weighted by molar-refractivity contribution is 9.10. The predicted molar refractivity (Wildman–Crippen MR) is 85.8 cm³/mol. The lowest BCUT2D eigenvalue weighted by Gasteiger charge is -2.29. The molecular weight excluding hydrogens is 393 g/mol. The zero-order valence-corrected chi connectivity index (χ0v) is 15.2. The number of halogens is 4. The van der Waals surface area contributed by atoms with Crippen LogP contribution >= 0.6 is 15.9 Å². The van der Waals surface area contributed by atoms with Crippen molar-refractivity contribution in [2.24, 2.45) is 0 Å². The molecule has 3 nitrogen and oxygen atoms in total. The van der Waals surface area contributed by atoms with Crippen molar-refractivity contribution in [2.75, 3.05) is 0 Å². The van der Waals surface area contributed by atoms with Gasteiger partial charge in [-0.05, 0) is 54.4 Å². The van der Waals surface area contributed by atoms with Crippen molar-refractivity contribution in [1.82, 2.24) is 4.72 Å². The van der Waals surface area contributed by atoms with Crippen LogP contribution in [0.4, 0.5) is 13.2 Å². The molecule has 1 fully saturated rings. The molecule has 0 bridgehead atoms. The topological polar surface area (TPSA) is 58.9 Å². The summed E-state index contributed by atoms with van der Waals surface area (Å²) in [5.41, 5.74) is -1.85. The summed E-state index contributed by atoms with van der Waals surface area (Å²) in [6.07, 6.45) is -0.590. The van der Waals surface area contributed by atoms with E-state index in [9.17, 15) is 23.0 Å². The van der Waals surface area contributed by atoms with Crippen molar-refractivity contribution in [2.45, 2.75) is 49.3 Å². The summed E-state index contributed by atoms with van der Waals surface area (Å²) >= 11 is 1.27. The maximum absolute atomic E-state index is 14.1. The Morgan fingerprint density at radius 2 is 2.00 bits per heavy atom. The minimum Gasteiger partial charge on any atom is -0.598 e. The Hall–Kier alpha value is -0.750. The number of nitrogens with zero attached hydrogens (tertiary/aromatic N) is 1. The molecule has 1 saturated carbocycles. The first kappa shape index (κ1) is 18.6. The van der Waals surface area contributed by atoms with E-state index in [2.05, 4.69) is 20.7 Å². The summed E-state index contributed by atoms with van der Waals surface area (Å²) in [6, 6.07) is 4.07. The van der Waals surface area contributed by atoms with Crippen LogP contribution < -0.4 is 4.72 Å². The summed E-state index contributed by atoms with van der Waals surface area (Å²) in [5.74, 6) is -3.85. The molecule has 0 aliphatic heterocycles. The van der Waals surface area contributed by atoms with Gasteiger partial charge in [0.1, 0.15) is 10.6 Å². The first-order chi connectivity index (χ1) is 10.5. The van der Waals surface area contributed by atoms with Gasteiger partial charge >= 0.3 is 0 Å². The molecule has 0 aromatic heterocycles. The second kappa shape index (κ2) is 5.96. The fourth-order valence-electron chi connectivity index (χ4n) is 2.39. The molecule has 1 aromatic carbocycles. The van der Waals surface area contributed by atoms with E-state index >= 15 is 0 Å². The molecule has 1 unspecified atom stereocenters. The van der Waals surface area contributed by atoms with Crippen molar-refractivity contribution in [3.05, 3.63) is 34.1 Å². The number of hydrogen-bond donors (Lipinski definition) is 1. The van der Waals surface area contributed by atoms with Gasteiger partial charge in [-0.1, -0.05) is 6.07 Å². The summed E-state index contributed by atoms with van der Waals surface area (Å²) in [7, 11) is 0. The van der Waals surface area contributed by atoms with Gasteiger partial charge in [0.2, 0.25) is 0 Å². The van der Waals surface area contributed by atoms with Crippen molar-refractivity contribution in [3.8, 4) is 6.07 Å². The Bertz CT molecular complexity index is 659. The fourth-order valence-corrected chi connectivity index (χ4v) is 3.46. The molecule has 1 aromatic rings. The second-order valence-corrected chi connectivity index (χ2v) is 9.39. The second-order valence-electron chi connectivity index (χ2n) is 6.54. The lowest BCUT2D eigenvalue weighted by molar-refractivity contribution is 0.0834. The molecule has 1 N–H and O–H groups in total. The van der Waals surface area contributed by atoms with Crippen LogP contribution in [-0.2, 0) is 16.8 Å². The van der Waals surface area contributed by atoms with Crippen molar-refractivity contribution in [1.29, 1.82) is 5.26 Å². The van der Waals surface area contributed by atoms with Gasteiger partial charge in [-0.2, -0.15) is 5.26 Å². The van der Waals surface area contributed by atoms with Gasteiger partial charge in [-0.15, -0.1) is 4.72 Å². The summed E-state index contributed by atoms with van der Waals surface area (Å²) in [4.78, 5) is 0. The monoisotopic (exact) mass is 408 g/mol. The number of benzene rings is 1. The lowest BCUT2D eigenvalue weighted by Crippen LogP contribution is -2.50. The molecule has 126 valence electrons. The maximum Gasteiger partial charge on any atom is 0.261 e. The summed E-state index contributed by atoms with van der Waals surface area (Å²) in [5, 5.41) is 9.35. The normalized spacial score (nSPS) is 25.5. The van der Waals surface area contributed by atoms with Gasteiger partial charge in [0.15, 0.2) is 6.04 Å². The highest BCUT2D eigenvalue weighted by Gasteiger charge is 2.76. The maximum atomic E-state index is 14.1. The molecule has 0 saturated heterocycles. The van der Waals surface area contributed by atoms with Crippen molar-refractivity contribution < 1.29 is 17.7 Å². The summed E-state index contributed by atoms with van der Waals surface area (Å²) in [6.45, 7) is 5.00. The molecular formula is C15H16BrF3N2OS. The van der Waals surface area contributed by atoms with E-state index in [0.717, 1.165) is 6.07 Å². The van der Waals surface area contributed by atoms with Gasteiger partial charge in [-0.3, -0.25) is 0 Å². The average Bonchev–Trinajstić information content (AvgIpc) is 3.01. The van der Waals surface area contributed by atoms with Gasteiger partial charge in [0, 0.05) is 17.8 Å².